The lowest BCUT2D eigenvalue weighted by Crippen LogP contribution is -2.27. The van der Waals surface area contributed by atoms with Crippen LogP contribution in [0.25, 0.3) is 5.69 Å². The molecule has 0 N–H and O–H groups in total. The molecule has 0 bridgehead atoms. The van der Waals surface area contributed by atoms with Crippen LogP contribution in [0.15, 0.2) is 66.1 Å². The SMILES string of the molecule is CN(C(=O)CSc1nncn1-c1cccc(Cl)c1)c1ccccc1. The van der Waals surface area contributed by atoms with E-state index in [0.29, 0.717) is 10.2 Å². The van der Waals surface area contributed by atoms with Gasteiger partial charge in [-0.05, 0) is 30.3 Å². The minimum atomic E-state index is -0.00755. The van der Waals surface area contributed by atoms with Crippen LogP contribution in [0.1, 0.15) is 0 Å². The molecule has 24 heavy (non-hydrogen) atoms. The van der Waals surface area contributed by atoms with Crippen molar-refractivity contribution in [3.05, 3.63) is 65.9 Å². The number of amides is 1. The molecule has 0 unspecified atom stereocenters. The number of aromatic nitrogens is 3. The molecule has 0 saturated heterocycles. The van der Waals surface area contributed by atoms with Gasteiger partial charge in [0.1, 0.15) is 6.33 Å². The molecule has 0 radical (unpaired) electrons. The molecule has 0 saturated carbocycles. The number of halogens is 1. The Morgan fingerprint density at radius 1 is 1.21 bits per heavy atom. The average molecular weight is 359 g/mol. The fraction of sp³-hybridized carbons (Fsp3) is 0.118. The van der Waals surface area contributed by atoms with Crippen LogP contribution in [0.4, 0.5) is 5.69 Å². The first-order chi connectivity index (χ1) is 11.6. The van der Waals surface area contributed by atoms with Crippen molar-refractivity contribution < 1.29 is 4.79 Å². The van der Waals surface area contributed by atoms with Crippen molar-refractivity contribution >= 4 is 35.0 Å². The van der Waals surface area contributed by atoms with E-state index in [0.717, 1.165) is 11.4 Å². The molecule has 0 aliphatic heterocycles. The quantitative estimate of drug-likeness (QED) is 0.653. The molecule has 0 aliphatic rings. The highest BCUT2D eigenvalue weighted by molar-refractivity contribution is 7.99. The predicted octanol–water partition coefficient (Wildman–Crippen LogP) is 3.68. The van der Waals surface area contributed by atoms with E-state index in [2.05, 4.69) is 10.2 Å². The van der Waals surface area contributed by atoms with Crippen LogP contribution < -0.4 is 4.90 Å². The van der Waals surface area contributed by atoms with Gasteiger partial charge >= 0.3 is 0 Å². The van der Waals surface area contributed by atoms with E-state index in [1.807, 2.05) is 53.1 Å². The monoisotopic (exact) mass is 358 g/mol. The number of thioether (sulfide) groups is 1. The number of hydrogen-bond acceptors (Lipinski definition) is 4. The van der Waals surface area contributed by atoms with Gasteiger partial charge in [-0.2, -0.15) is 0 Å². The van der Waals surface area contributed by atoms with Gasteiger partial charge < -0.3 is 4.90 Å². The van der Waals surface area contributed by atoms with Crippen LogP contribution in [0.2, 0.25) is 5.02 Å². The van der Waals surface area contributed by atoms with E-state index in [1.165, 1.54) is 11.8 Å². The smallest absolute Gasteiger partial charge is 0.237 e. The largest absolute Gasteiger partial charge is 0.315 e. The van der Waals surface area contributed by atoms with E-state index in [4.69, 9.17) is 11.6 Å². The molecule has 7 heteroatoms. The molecule has 0 aliphatic carbocycles. The van der Waals surface area contributed by atoms with E-state index < -0.39 is 0 Å². The fourth-order valence-corrected chi connectivity index (χ4v) is 3.17. The van der Waals surface area contributed by atoms with Crippen molar-refractivity contribution in [3.63, 3.8) is 0 Å². The Morgan fingerprint density at radius 3 is 2.75 bits per heavy atom. The summed E-state index contributed by atoms with van der Waals surface area (Å²) in [6.45, 7) is 0. The summed E-state index contributed by atoms with van der Waals surface area (Å²) in [4.78, 5) is 14.0. The molecule has 1 aromatic heterocycles. The van der Waals surface area contributed by atoms with Crippen molar-refractivity contribution in [2.75, 3.05) is 17.7 Å². The highest BCUT2D eigenvalue weighted by Crippen LogP contribution is 2.22. The minimum absolute atomic E-state index is 0.00755. The maximum Gasteiger partial charge on any atom is 0.237 e. The van der Waals surface area contributed by atoms with Crippen LogP contribution in [0, 0.1) is 0 Å². The van der Waals surface area contributed by atoms with E-state index >= 15 is 0 Å². The highest BCUT2D eigenvalue weighted by Gasteiger charge is 2.14. The highest BCUT2D eigenvalue weighted by atomic mass is 35.5. The molecular formula is C17H15ClN4OS. The van der Waals surface area contributed by atoms with Crippen molar-refractivity contribution in [3.8, 4) is 5.69 Å². The zero-order valence-corrected chi connectivity index (χ0v) is 14.5. The summed E-state index contributed by atoms with van der Waals surface area (Å²) >= 11 is 7.37. The third kappa shape index (κ3) is 3.77. The summed E-state index contributed by atoms with van der Waals surface area (Å²) in [6, 6.07) is 16.9. The standard InChI is InChI=1S/C17H15ClN4OS/c1-21(14-7-3-2-4-8-14)16(23)11-24-17-20-19-12-22(17)15-9-5-6-13(18)10-15/h2-10,12H,11H2,1H3. The Bertz CT molecular complexity index is 837. The number of carbonyl (C=O) groups is 1. The van der Waals surface area contributed by atoms with Gasteiger partial charge in [-0.25, -0.2) is 0 Å². The normalized spacial score (nSPS) is 10.6. The van der Waals surface area contributed by atoms with Gasteiger partial charge in [-0.3, -0.25) is 9.36 Å². The molecular weight excluding hydrogens is 344 g/mol. The number of rotatable bonds is 5. The van der Waals surface area contributed by atoms with E-state index in [9.17, 15) is 4.79 Å². The van der Waals surface area contributed by atoms with Gasteiger partial charge in [-0.1, -0.05) is 47.6 Å². The molecule has 122 valence electrons. The first-order valence-corrected chi connectivity index (χ1v) is 8.62. The first-order valence-electron chi connectivity index (χ1n) is 7.25. The van der Waals surface area contributed by atoms with E-state index in [1.54, 1.807) is 24.3 Å². The average Bonchev–Trinajstić information content (AvgIpc) is 3.08. The number of nitrogens with zero attached hydrogens (tertiary/aromatic N) is 4. The van der Waals surface area contributed by atoms with Gasteiger partial charge in [0.05, 0.1) is 11.4 Å². The summed E-state index contributed by atoms with van der Waals surface area (Å²) in [5.41, 5.74) is 1.72. The second kappa shape index (κ2) is 7.51. The lowest BCUT2D eigenvalue weighted by Gasteiger charge is -2.16. The van der Waals surface area contributed by atoms with Gasteiger partial charge in [0.2, 0.25) is 5.91 Å². The molecule has 0 fully saturated rings. The number of hydrogen-bond donors (Lipinski definition) is 0. The summed E-state index contributed by atoms with van der Waals surface area (Å²) < 4.78 is 1.81. The Labute approximate surface area is 149 Å². The maximum atomic E-state index is 12.4. The number of benzene rings is 2. The zero-order valence-electron chi connectivity index (χ0n) is 13.0. The molecule has 2 aromatic carbocycles. The molecule has 3 aromatic rings. The van der Waals surface area contributed by atoms with Gasteiger partial charge in [0.15, 0.2) is 5.16 Å². The molecule has 1 amide bonds. The zero-order chi connectivity index (χ0) is 16.9. The van der Waals surface area contributed by atoms with Gasteiger partial charge in [0.25, 0.3) is 0 Å². The first kappa shape index (κ1) is 16.5. The van der Waals surface area contributed by atoms with Gasteiger partial charge in [-0.15, -0.1) is 10.2 Å². The summed E-state index contributed by atoms with van der Waals surface area (Å²) in [6.07, 6.45) is 1.61. The second-order valence-corrected chi connectivity index (χ2v) is 6.42. The van der Waals surface area contributed by atoms with Crippen molar-refractivity contribution in [1.82, 2.24) is 14.8 Å². The van der Waals surface area contributed by atoms with Crippen LogP contribution in [-0.2, 0) is 4.79 Å². The second-order valence-electron chi connectivity index (χ2n) is 5.04. The van der Waals surface area contributed by atoms with Crippen LogP contribution in [0.3, 0.4) is 0 Å². The summed E-state index contributed by atoms with van der Waals surface area (Å²) in [5.74, 6) is 0.261. The van der Waals surface area contributed by atoms with Gasteiger partial charge in [0, 0.05) is 17.8 Å². The minimum Gasteiger partial charge on any atom is -0.315 e. The molecule has 3 rings (SSSR count). The van der Waals surface area contributed by atoms with Crippen LogP contribution >= 0.6 is 23.4 Å². The Hall–Kier alpha value is -2.31. The predicted molar refractivity (Wildman–Crippen MR) is 96.9 cm³/mol. The number of para-hydroxylation sites is 1. The third-order valence-corrected chi connectivity index (χ3v) is 4.61. The Kier molecular flexibility index (Phi) is 5.17. The molecule has 5 nitrogen and oxygen atoms in total. The number of carbonyl (C=O) groups excluding carboxylic acids is 1. The topological polar surface area (TPSA) is 51.0 Å². The summed E-state index contributed by atoms with van der Waals surface area (Å²) in [7, 11) is 1.76. The van der Waals surface area contributed by atoms with Crippen molar-refractivity contribution in [2.24, 2.45) is 0 Å². The maximum absolute atomic E-state index is 12.4. The van der Waals surface area contributed by atoms with Crippen LogP contribution in [-0.4, -0.2) is 33.5 Å². The fourth-order valence-electron chi connectivity index (χ4n) is 2.14. The van der Waals surface area contributed by atoms with Crippen LogP contribution in [0.5, 0.6) is 0 Å². The Balaban J connectivity index is 1.70. The molecule has 1 heterocycles. The van der Waals surface area contributed by atoms with Crippen molar-refractivity contribution in [2.45, 2.75) is 5.16 Å². The Morgan fingerprint density at radius 2 is 2.00 bits per heavy atom. The summed E-state index contributed by atoms with van der Waals surface area (Å²) in [5, 5.41) is 9.30. The lowest BCUT2D eigenvalue weighted by molar-refractivity contribution is -0.115. The molecule has 0 atom stereocenters. The lowest BCUT2D eigenvalue weighted by atomic mass is 10.3. The third-order valence-electron chi connectivity index (χ3n) is 3.45. The molecule has 0 spiro atoms. The van der Waals surface area contributed by atoms with E-state index in [-0.39, 0.29) is 11.7 Å². The van der Waals surface area contributed by atoms with Crippen molar-refractivity contribution in [1.29, 1.82) is 0 Å². The number of anilines is 1.